The third kappa shape index (κ3) is 4.28. The minimum Gasteiger partial charge on any atom is -0.336 e. The molecule has 8 heteroatoms. The van der Waals surface area contributed by atoms with Crippen LogP contribution in [0.25, 0.3) is 0 Å². The van der Waals surface area contributed by atoms with Gasteiger partial charge in [-0.25, -0.2) is 9.59 Å². The van der Waals surface area contributed by atoms with Crippen LogP contribution in [0.15, 0.2) is 48.5 Å². The Morgan fingerprint density at radius 2 is 1.68 bits per heavy atom. The Morgan fingerprint density at radius 3 is 2.29 bits per heavy atom. The maximum absolute atomic E-state index is 13.6. The van der Waals surface area contributed by atoms with Crippen molar-refractivity contribution in [2.75, 3.05) is 6.54 Å². The van der Waals surface area contributed by atoms with Crippen LogP contribution in [-0.4, -0.2) is 41.4 Å². The summed E-state index contributed by atoms with van der Waals surface area (Å²) in [5, 5.41) is 7.46. The molecule has 0 saturated carbocycles. The van der Waals surface area contributed by atoms with Gasteiger partial charge in [-0.3, -0.25) is 19.8 Å². The van der Waals surface area contributed by atoms with E-state index in [-0.39, 0.29) is 6.04 Å². The number of rotatable bonds is 5. The third-order valence-corrected chi connectivity index (χ3v) is 5.23. The minimum atomic E-state index is -1.46. The number of nitrogens with one attached hydrogen (secondary N) is 3. The van der Waals surface area contributed by atoms with Crippen molar-refractivity contribution < 1.29 is 19.2 Å². The molecule has 1 fully saturated rings. The summed E-state index contributed by atoms with van der Waals surface area (Å²) in [5.74, 6) is -1.34. The quantitative estimate of drug-likeness (QED) is 0.643. The first-order valence-corrected chi connectivity index (χ1v) is 10.0. The molecule has 0 spiro atoms. The number of carbonyl (C=O) groups is 4. The Labute approximate surface area is 181 Å². The fourth-order valence-corrected chi connectivity index (χ4v) is 3.55. The average molecular weight is 422 g/mol. The van der Waals surface area contributed by atoms with E-state index in [1.54, 1.807) is 44.2 Å². The van der Waals surface area contributed by atoms with Crippen LogP contribution in [0.2, 0.25) is 0 Å². The van der Waals surface area contributed by atoms with E-state index in [0.29, 0.717) is 11.1 Å². The molecule has 3 rings (SSSR count). The van der Waals surface area contributed by atoms with E-state index in [2.05, 4.69) is 16.0 Å². The summed E-state index contributed by atoms with van der Waals surface area (Å²) in [6.07, 6.45) is 0. The first-order chi connectivity index (χ1) is 14.6. The maximum atomic E-state index is 13.6. The first-order valence-electron chi connectivity index (χ1n) is 10.0. The molecular formula is C23H26N4O4. The summed E-state index contributed by atoms with van der Waals surface area (Å²) < 4.78 is 0. The molecule has 1 saturated heterocycles. The van der Waals surface area contributed by atoms with E-state index in [9.17, 15) is 19.2 Å². The lowest BCUT2D eigenvalue weighted by molar-refractivity contribution is -0.134. The summed E-state index contributed by atoms with van der Waals surface area (Å²) in [6, 6.07) is 12.9. The van der Waals surface area contributed by atoms with Crippen LogP contribution in [0.3, 0.4) is 0 Å². The zero-order valence-corrected chi connectivity index (χ0v) is 18.0. The molecule has 3 N–H and O–H groups in total. The van der Waals surface area contributed by atoms with Crippen molar-refractivity contribution in [2.24, 2.45) is 0 Å². The molecule has 1 aliphatic rings. The summed E-state index contributed by atoms with van der Waals surface area (Å²) in [4.78, 5) is 51.4. The van der Waals surface area contributed by atoms with Crippen LogP contribution in [0.1, 0.15) is 36.1 Å². The van der Waals surface area contributed by atoms with Gasteiger partial charge < -0.3 is 10.6 Å². The van der Waals surface area contributed by atoms with E-state index >= 15 is 0 Å². The number of carbonyl (C=O) groups excluding carboxylic acids is 4. The fraction of sp³-hybridized carbons (Fsp3) is 0.304. The van der Waals surface area contributed by atoms with Crippen LogP contribution in [0, 0.1) is 13.8 Å². The summed E-state index contributed by atoms with van der Waals surface area (Å²) in [7, 11) is 0. The van der Waals surface area contributed by atoms with Crippen molar-refractivity contribution in [3.05, 3.63) is 70.8 Å². The van der Waals surface area contributed by atoms with Gasteiger partial charge >= 0.3 is 12.1 Å². The van der Waals surface area contributed by atoms with E-state index in [0.717, 1.165) is 16.0 Å². The molecule has 0 bridgehead atoms. The first kappa shape index (κ1) is 22.0. The molecule has 6 amide bonds. The van der Waals surface area contributed by atoms with E-state index < -0.39 is 36.0 Å². The number of benzene rings is 2. The molecule has 2 aromatic carbocycles. The molecule has 162 valence electrons. The fourth-order valence-electron chi connectivity index (χ4n) is 3.55. The molecule has 0 aliphatic carbocycles. The highest BCUT2D eigenvalue weighted by atomic mass is 16.2. The van der Waals surface area contributed by atoms with Crippen LogP contribution in [0.4, 0.5) is 9.59 Å². The number of nitrogens with zero attached hydrogens (tertiary/aromatic N) is 1. The van der Waals surface area contributed by atoms with Crippen LogP contribution < -0.4 is 16.0 Å². The number of urea groups is 2. The van der Waals surface area contributed by atoms with E-state index in [1.807, 2.05) is 32.0 Å². The second-order valence-electron chi connectivity index (χ2n) is 7.91. The molecule has 1 atom stereocenters. The van der Waals surface area contributed by atoms with Crippen molar-refractivity contribution in [3.8, 4) is 0 Å². The van der Waals surface area contributed by atoms with Gasteiger partial charge in [-0.1, -0.05) is 48.5 Å². The standard InChI is InChI=1S/C23H26N4O4/c1-14(2)24-21(30)25-19(28)13-27-20(29)23(26-22(27)31,17-8-6-5-7-9-17)18-11-10-15(3)16(4)12-18/h5-12,14H,13H2,1-4H3,(H,26,31)(H2,24,25,28,30)/t23-/m0/s1. The largest absolute Gasteiger partial charge is 0.336 e. The lowest BCUT2D eigenvalue weighted by atomic mass is 9.81. The number of imide groups is 2. The van der Waals surface area contributed by atoms with Gasteiger partial charge in [0.1, 0.15) is 6.54 Å². The van der Waals surface area contributed by atoms with Gasteiger partial charge in [0.25, 0.3) is 5.91 Å². The lowest BCUT2D eigenvalue weighted by Crippen LogP contribution is -2.48. The van der Waals surface area contributed by atoms with Crippen molar-refractivity contribution in [1.82, 2.24) is 20.9 Å². The van der Waals surface area contributed by atoms with Crippen molar-refractivity contribution >= 4 is 23.9 Å². The Bertz CT molecular complexity index is 1040. The molecule has 1 aliphatic heterocycles. The van der Waals surface area contributed by atoms with Crippen LogP contribution in [0.5, 0.6) is 0 Å². The highest BCUT2D eigenvalue weighted by molar-refractivity contribution is 6.12. The molecular weight excluding hydrogens is 396 g/mol. The number of hydrogen-bond acceptors (Lipinski definition) is 4. The van der Waals surface area contributed by atoms with Gasteiger partial charge in [-0.05, 0) is 49.9 Å². The molecule has 2 aromatic rings. The second-order valence-corrected chi connectivity index (χ2v) is 7.91. The number of amides is 6. The minimum absolute atomic E-state index is 0.167. The third-order valence-electron chi connectivity index (χ3n) is 5.23. The average Bonchev–Trinajstić information content (AvgIpc) is 2.95. The van der Waals surface area contributed by atoms with Gasteiger partial charge in [0.05, 0.1) is 0 Å². The molecule has 8 nitrogen and oxygen atoms in total. The second kappa shape index (κ2) is 8.59. The van der Waals surface area contributed by atoms with Crippen molar-refractivity contribution in [3.63, 3.8) is 0 Å². The van der Waals surface area contributed by atoms with Gasteiger partial charge in [0.15, 0.2) is 5.54 Å². The Kier molecular flexibility index (Phi) is 6.10. The Morgan fingerprint density at radius 1 is 1.00 bits per heavy atom. The highest BCUT2D eigenvalue weighted by Gasteiger charge is 2.54. The topological polar surface area (TPSA) is 108 Å². The molecule has 1 heterocycles. The molecule has 0 unspecified atom stereocenters. The van der Waals surface area contributed by atoms with Crippen molar-refractivity contribution in [1.29, 1.82) is 0 Å². The van der Waals surface area contributed by atoms with Gasteiger partial charge in [-0.2, -0.15) is 0 Å². The highest BCUT2D eigenvalue weighted by Crippen LogP contribution is 2.36. The van der Waals surface area contributed by atoms with Gasteiger partial charge in [0, 0.05) is 6.04 Å². The summed E-state index contributed by atoms with van der Waals surface area (Å²) >= 11 is 0. The van der Waals surface area contributed by atoms with Gasteiger partial charge in [-0.15, -0.1) is 0 Å². The predicted octanol–water partition coefficient (Wildman–Crippen LogP) is 2.33. The molecule has 31 heavy (non-hydrogen) atoms. The normalized spacial score (nSPS) is 18.2. The smallest absolute Gasteiger partial charge is 0.326 e. The summed E-state index contributed by atoms with van der Waals surface area (Å²) in [5.41, 5.74) is 1.74. The number of hydrogen-bond donors (Lipinski definition) is 3. The van der Waals surface area contributed by atoms with Crippen molar-refractivity contribution in [2.45, 2.75) is 39.3 Å². The molecule has 0 radical (unpaired) electrons. The van der Waals surface area contributed by atoms with Crippen LogP contribution in [-0.2, 0) is 15.1 Å². The summed E-state index contributed by atoms with van der Waals surface area (Å²) in [6.45, 7) is 6.81. The zero-order valence-electron chi connectivity index (χ0n) is 18.0. The van der Waals surface area contributed by atoms with E-state index in [4.69, 9.17) is 0 Å². The van der Waals surface area contributed by atoms with Gasteiger partial charge in [0.2, 0.25) is 5.91 Å². The Balaban J connectivity index is 1.96. The monoisotopic (exact) mass is 422 g/mol. The van der Waals surface area contributed by atoms with E-state index in [1.165, 1.54) is 0 Å². The Hall–Kier alpha value is -3.68. The number of aryl methyl sites for hydroxylation is 2. The van der Waals surface area contributed by atoms with Crippen LogP contribution >= 0.6 is 0 Å². The molecule has 0 aromatic heterocycles. The lowest BCUT2D eigenvalue weighted by Gasteiger charge is -2.28. The SMILES string of the molecule is Cc1ccc([C@]2(c3ccccc3)NC(=O)N(CC(=O)NC(=O)NC(C)C)C2=O)cc1C. The predicted molar refractivity (Wildman–Crippen MR) is 115 cm³/mol. The zero-order chi connectivity index (χ0) is 22.8. The maximum Gasteiger partial charge on any atom is 0.326 e.